The summed E-state index contributed by atoms with van der Waals surface area (Å²) in [4.78, 5) is 22.0. The van der Waals surface area contributed by atoms with Crippen LogP contribution in [0.2, 0.25) is 0 Å². The van der Waals surface area contributed by atoms with Gasteiger partial charge in [-0.05, 0) is 25.1 Å². The largest absolute Gasteiger partial charge is 0.360 e. The van der Waals surface area contributed by atoms with Gasteiger partial charge >= 0.3 is 0 Å². The molecule has 2 N–H and O–H groups in total. The predicted octanol–water partition coefficient (Wildman–Crippen LogP) is 3.04. The fourth-order valence-corrected chi connectivity index (χ4v) is 2.11. The third kappa shape index (κ3) is 2.66. The molecule has 0 spiro atoms. The van der Waals surface area contributed by atoms with Crippen molar-refractivity contribution in [1.29, 1.82) is 0 Å². The molecule has 0 aliphatic heterocycles. The fourth-order valence-electron chi connectivity index (χ4n) is 2.11. The van der Waals surface area contributed by atoms with Gasteiger partial charge in [0.25, 0.3) is 5.69 Å². The third-order valence-corrected chi connectivity index (χ3v) is 3.18. The van der Waals surface area contributed by atoms with Crippen LogP contribution in [0.1, 0.15) is 18.8 Å². The first-order chi connectivity index (χ1) is 10.1. The summed E-state index contributed by atoms with van der Waals surface area (Å²) in [5.41, 5.74) is 0.770. The van der Waals surface area contributed by atoms with Crippen LogP contribution in [0.3, 0.4) is 0 Å². The minimum absolute atomic E-state index is 0.0111. The molecule has 3 rings (SSSR count). The van der Waals surface area contributed by atoms with Crippen LogP contribution in [0.4, 0.5) is 11.5 Å². The van der Waals surface area contributed by atoms with Gasteiger partial charge in [0.05, 0.1) is 16.5 Å². The maximum Gasteiger partial charge on any atom is 0.270 e. The number of nitro groups is 1. The van der Waals surface area contributed by atoms with Gasteiger partial charge < -0.3 is 10.3 Å². The molecule has 2 heterocycles. The summed E-state index contributed by atoms with van der Waals surface area (Å²) >= 11 is 0. The standard InChI is InChI=1S/C14H13N5O2/c1-9(14-15-6-7-16-14)17-13-5-2-10-8-11(19(20)21)3-4-12(10)18-13/h2-9H,1H3,(H,15,16)(H,17,18). The SMILES string of the molecule is CC(Nc1ccc2cc([N+](=O)[O-])ccc2n1)c1ncc[nH]1. The highest BCUT2D eigenvalue weighted by Gasteiger charge is 2.10. The minimum Gasteiger partial charge on any atom is -0.360 e. The van der Waals surface area contributed by atoms with Crippen LogP contribution in [0.25, 0.3) is 10.9 Å². The molecule has 0 radical (unpaired) electrons. The lowest BCUT2D eigenvalue weighted by molar-refractivity contribution is -0.384. The number of rotatable bonds is 4. The summed E-state index contributed by atoms with van der Waals surface area (Å²) in [5.74, 6) is 1.51. The quantitative estimate of drug-likeness (QED) is 0.566. The van der Waals surface area contributed by atoms with Crippen LogP contribution in [0.15, 0.2) is 42.7 Å². The monoisotopic (exact) mass is 283 g/mol. The number of aromatic amines is 1. The summed E-state index contributed by atoms with van der Waals surface area (Å²) in [5, 5.41) is 14.7. The van der Waals surface area contributed by atoms with E-state index in [1.54, 1.807) is 24.5 Å². The molecule has 0 fully saturated rings. The van der Waals surface area contributed by atoms with Gasteiger partial charge in [0.15, 0.2) is 0 Å². The van der Waals surface area contributed by atoms with E-state index in [0.29, 0.717) is 11.3 Å². The summed E-state index contributed by atoms with van der Waals surface area (Å²) in [6, 6.07) is 8.22. The molecule has 0 saturated heterocycles. The normalized spacial score (nSPS) is 12.2. The van der Waals surface area contributed by atoms with E-state index < -0.39 is 4.92 Å². The minimum atomic E-state index is -0.412. The Balaban J connectivity index is 1.87. The zero-order valence-corrected chi connectivity index (χ0v) is 11.3. The van der Waals surface area contributed by atoms with Gasteiger partial charge in [-0.15, -0.1) is 0 Å². The Kier molecular flexibility index (Phi) is 3.23. The Labute approximate surface area is 120 Å². The fraction of sp³-hybridized carbons (Fsp3) is 0.143. The van der Waals surface area contributed by atoms with E-state index in [1.807, 2.05) is 13.0 Å². The number of hydrogen-bond donors (Lipinski definition) is 2. The number of anilines is 1. The van der Waals surface area contributed by atoms with Crippen molar-refractivity contribution in [1.82, 2.24) is 15.0 Å². The van der Waals surface area contributed by atoms with Crippen LogP contribution in [-0.2, 0) is 0 Å². The third-order valence-electron chi connectivity index (χ3n) is 3.18. The van der Waals surface area contributed by atoms with Crippen molar-refractivity contribution in [3.8, 4) is 0 Å². The Hall–Kier alpha value is -2.96. The van der Waals surface area contributed by atoms with Crippen molar-refractivity contribution in [3.05, 3.63) is 58.7 Å². The molecular weight excluding hydrogens is 270 g/mol. The molecule has 0 aliphatic rings. The molecule has 3 aromatic rings. The zero-order valence-electron chi connectivity index (χ0n) is 11.3. The molecule has 0 aliphatic carbocycles. The topological polar surface area (TPSA) is 96.7 Å². The van der Waals surface area contributed by atoms with Crippen LogP contribution < -0.4 is 5.32 Å². The molecule has 21 heavy (non-hydrogen) atoms. The average molecular weight is 283 g/mol. The van der Waals surface area contributed by atoms with Crippen LogP contribution in [0, 0.1) is 10.1 Å². The molecule has 1 aromatic carbocycles. The second-order valence-electron chi connectivity index (χ2n) is 4.67. The number of nitro benzene ring substituents is 1. The summed E-state index contributed by atoms with van der Waals surface area (Å²) in [6.07, 6.45) is 3.46. The lowest BCUT2D eigenvalue weighted by Crippen LogP contribution is -2.09. The summed E-state index contributed by atoms with van der Waals surface area (Å²) < 4.78 is 0. The van der Waals surface area contributed by atoms with E-state index in [0.717, 1.165) is 11.2 Å². The smallest absolute Gasteiger partial charge is 0.270 e. The maximum atomic E-state index is 10.8. The summed E-state index contributed by atoms with van der Waals surface area (Å²) in [6.45, 7) is 1.97. The Morgan fingerprint density at radius 3 is 2.90 bits per heavy atom. The number of fused-ring (bicyclic) bond motifs is 1. The van der Waals surface area contributed by atoms with Gasteiger partial charge in [-0.2, -0.15) is 0 Å². The molecule has 1 unspecified atom stereocenters. The summed E-state index contributed by atoms with van der Waals surface area (Å²) in [7, 11) is 0. The van der Waals surface area contributed by atoms with E-state index in [9.17, 15) is 10.1 Å². The Morgan fingerprint density at radius 2 is 2.19 bits per heavy atom. The Bertz CT molecular complexity index is 785. The van der Waals surface area contributed by atoms with Crippen molar-refractivity contribution in [2.24, 2.45) is 0 Å². The van der Waals surface area contributed by atoms with Gasteiger partial charge in [-0.1, -0.05) is 0 Å². The lowest BCUT2D eigenvalue weighted by atomic mass is 10.2. The van der Waals surface area contributed by atoms with E-state index in [2.05, 4.69) is 20.3 Å². The van der Waals surface area contributed by atoms with Crippen molar-refractivity contribution in [2.75, 3.05) is 5.32 Å². The van der Waals surface area contributed by atoms with Crippen molar-refractivity contribution >= 4 is 22.4 Å². The second-order valence-corrected chi connectivity index (χ2v) is 4.67. The van der Waals surface area contributed by atoms with Crippen LogP contribution in [-0.4, -0.2) is 19.9 Å². The maximum absolute atomic E-state index is 10.8. The lowest BCUT2D eigenvalue weighted by Gasteiger charge is -2.12. The highest BCUT2D eigenvalue weighted by molar-refractivity contribution is 5.82. The molecule has 2 aromatic heterocycles. The average Bonchev–Trinajstić information content (AvgIpc) is 3.01. The van der Waals surface area contributed by atoms with Crippen LogP contribution in [0.5, 0.6) is 0 Å². The molecular formula is C14H13N5O2. The first-order valence-corrected chi connectivity index (χ1v) is 6.44. The van der Waals surface area contributed by atoms with Gasteiger partial charge in [-0.3, -0.25) is 10.1 Å². The van der Waals surface area contributed by atoms with Crippen LogP contribution >= 0.6 is 0 Å². The van der Waals surface area contributed by atoms with Crippen molar-refractivity contribution in [2.45, 2.75) is 13.0 Å². The number of H-pyrrole nitrogens is 1. The molecule has 7 nitrogen and oxygen atoms in total. The van der Waals surface area contributed by atoms with E-state index >= 15 is 0 Å². The van der Waals surface area contributed by atoms with Gasteiger partial charge in [0.1, 0.15) is 11.6 Å². The number of nitrogens with one attached hydrogen (secondary N) is 2. The molecule has 0 amide bonds. The van der Waals surface area contributed by atoms with Gasteiger partial charge in [0, 0.05) is 29.9 Å². The predicted molar refractivity (Wildman–Crippen MR) is 79.0 cm³/mol. The number of hydrogen-bond acceptors (Lipinski definition) is 5. The number of nitrogens with zero attached hydrogens (tertiary/aromatic N) is 3. The van der Waals surface area contributed by atoms with E-state index in [4.69, 9.17) is 0 Å². The number of non-ortho nitro benzene ring substituents is 1. The zero-order chi connectivity index (χ0) is 14.8. The molecule has 1 atom stereocenters. The number of imidazole rings is 1. The molecule has 0 bridgehead atoms. The highest BCUT2D eigenvalue weighted by atomic mass is 16.6. The van der Waals surface area contributed by atoms with E-state index in [-0.39, 0.29) is 11.7 Å². The van der Waals surface area contributed by atoms with E-state index in [1.165, 1.54) is 12.1 Å². The number of aromatic nitrogens is 3. The van der Waals surface area contributed by atoms with Crippen molar-refractivity contribution in [3.63, 3.8) is 0 Å². The molecule has 106 valence electrons. The molecule has 7 heteroatoms. The number of benzene rings is 1. The first-order valence-electron chi connectivity index (χ1n) is 6.44. The Morgan fingerprint density at radius 1 is 1.33 bits per heavy atom. The number of pyridine rings is 1. The van der Waals surface area contributed by atoms with Gasteiger partial charge in [0.2, 0.25) is 0 Å². The van der Waals surface area contributed by atoms with Gasteiger partial charge in [-0.25, -0.2) is 9.97 Å². The van der Waals surface area contributed by atoms with Crippen molar-refractivity contribution < 1.29 is 4.92 Å². The molecule has 0 saturated carbocycles. The first kappa shape index (κ1) is 13.0. The second kappa shape index (κ2) is 5.20. The highest BCUT2D eigenvalue weighted by Crippen LogP contribution is 2.22.